The van der Waals surface area contributed by atoms with Gasteiger partial charge < -0.3 is 76.3 Å². The SMILES string of the molecule is CCCN(C(=O)[C@@H](NC(=O)[C@H](C)N(C)C(=O)OC(C)(C)C)C(C)(C)C)[C@@H]1C(=O)N[C@@H](Cc2ccc3ccccc3c2)C(=O)N[C@H](/C(N)=N/O)Cc2ccc(cc2)OCc2cn(nn2)C2CCN(C(=O)[C@@H](NC(=O)[C@H](C)N(C)C(=O)OC(C)(C)C)C(C)(C)C)[C@@H]2C(=O)N[C@@H](Cc2ccc3ccccc3c2)C(=O)N[C@H](C(=O)OC)Cc2ccc(cc2)OCc2cn1nn2. The van der Waals surface area contributed by atoms with Crippen molar-refractivity contribution >= 4 is 92.8 Å². The van der Waals surface area contributed by atoms with Crippen LogP contribution in [0.5, 0.6) is 11.5 Å². The fourth-order valence-electron chi connectivity index (χ4n) is 14.7. The topological polar surface area (TPSA) is 439 Å². The predicted octanol–water partition coefficient (Wildman–Crippen LogP) is 7.93. The molecule has 674 valence electrons. The molecule has 2 aromatic heterocycles. The Morgan fingerprint density at radius 3 is 1.47 bits per heavy atom. The molecule has 6 aromatic carbocycles. The molecule has 126 heavy (non-hydrogen) atoms. The molecule has 8 bridgehead atoms. The van der Waals surface area contributed by atoms with Crippen molar-refractivity contribution in [3.8, 4) is 11.5 Å². The van der Waals surface area contributed by atoms with Crippen LogP contribution in [0.15, 0.2) is 151 Å². The van der Waals surface area contributed by atoms with E-state index in [9.17, 15) is 29.2 Å². The Kier molecular flexibility index (Phi) is 30.6. The molecule has 5 aliphatic rings. The molecule has 5 aliphatic heterocycles. The van der Waals surface area contributed by atoms with Gasteiger partial charge in [-0.1, -0.05) is 173 Å². The number of nitrogens with two attached hydrogens (primary N) is 1. The molecular formula is C91H118N18O17. The maximum absolute atomic E-state index is 16.0. The molecule has 7 heterocycles. The molecule has 13 rings (SSSR count). The van der Waals surface area contributed by atoms with Gasteiger partial charge in [-0.25, -0.2) is 23.7 Å². The van der Waals surface area contributed by atoms with Crippen LogP contribution in [0, 0.1) is 10.8 Å². The number of methoxy groups -OCH3 is 1. The summed E-state index contributed by atoms with van der Waals surface area (Å²) in [7, 11) is 3.96. The number of amidine groups is 1. The van der Waals surface area contributed by atoms with Gasteiger partial charge in [-0.3, -0.25) is 48.2 Å². The summed E-state index contributed by atoms with van der Waals surface area (Å²) in [6, 6.07) is 26.4. The molecule has 0 radical (unpaired) electrons. The number of rotatable bonds is 17. The first-order chi connectivity index (χ1) is 59.4. The lowest BCUT2D eigenvalue weighted by Gasteiger charge is -2.39. The average Bonchev–Trinajstić information content (AvgIpc) is 1.60. The summed E-state index contributed by atoms with van der Waals surface area (Å²) >= 11 is 0. The predicted molar refractivity (Wildman–Crippen MR) is 467 cm³/mol. The zero-order valence-electron chi connectivity index (χ0n) is 74.8. The standard InChI is InChI=1S/C91H118N18O17/c1-19-41-107(84(117)74(89(7,8)9)98-77(111)54(3)105(17)87(120)126-91(13,14)15)82-81(115)95-69(48-58-29-35-60-25-21-23-27-62(60)44-58)78(112)93-67(75(92)101-121)45-55-30-36-65(37-31-55)123-51-63-49-108(102-99-63)71-40-42-106(83(116)73(88(4,5)6)97-76(110)53(2)104(16)86(119)125-90(10,11)12)72(71)80(114)94-68(47-57-28-34-59-24-20-22-26-61(59)43-57)79(113)96-70(85(118)122-18)46-56-32-38-66(39-33-56)124-52-64-50-109(82)103-100-64/h20-39,43-44,49-50,53-54,67-74,82,121H,19,40-42,45-48,51-52H2,1-18H3,(H2,92,101)(H,93,112)(H,94,114)(H,95,115)(H,96,113)(H,97,110)(H,98,111)/t53-,54-,67-,68-,69-,70-,71?,72-,73+,74+,82-/m0/s1. The molecule has 35 heteroatoms. The number of esters is 1. The van der Waals surface area contributed by atoms with Crippen LogP contribution >= 0.6 is 0 Å². The van der Waals surface area contributed by atoms with Gasteiger partial charge in [-0.15, -0.1) is 10.2 Å². The highest BCUT2D eigenvalue weighted by molar-refractivity contribution is 5.99. The largest absolute Gasteiger partial charge is 0.487 e. The third-order valence-corrected chi connectivity index (χ3v) is 21.8. The Balaban J connectivity index is 1.04. The number of benzene rings is 6. The molecular weight excluding hydrogens is 1620 g/mol. The molecule has 0 saturated carbocycles. The Hall–Kier alpha value is -13.2. The summed E-state index contributed by atoms with van der Waals surface area (Å²) < 4.78 is 31.6. The Bertz CT molecular complexity index is 5280. The number of carbonyl (C=O) groups is 11. The van der Waals surface area contributed by atoms with Gasteiger partial charge >= 0.3 is 18.2 Å². The van der Waals surface area contributed by atoms with E-state index in [-0.39, 0.29) is 82.0 Å². The second kappa shape index (κ2) is 40.6. The lowest BCUT2D eigenvalue weighted by Crippen LogP contribution is -2.62. The van der Waals surface area contributed by atoms with Gasteiger partial charge in [0.15, 0.2) is 5.84 Å². The zero-order chi connectivity index (χ0) is 92.0. The Morgan fingerprint density at radius 1 is 0.579 bits per heavy atom. The van der Waals surface area contributed by atoms with E-state index in [0.29, 0.717) is 28.0 Å². The lowest BCUT2D eigenvalue weighted by molar-refractivity contribution is -0.150. The Morgan fingerprint density at radius 2 is 1.02 bits per heavy atom. The van der Waals surface area contributed by atoms with Crippen LogP contribution in [-0.4, -0.2) is 226 Å². The van der Waals surface area contributed by atoms with E-state index in [1.165, 1.54) is 55.7 Å². The summed E-state index contributed by atoms with van der Waals surface area (Å²) in [6.45, 7) is 24.5. The number of ether oxygens (including phenoxy) is 5. The highest BCUT2D eigenvalue weighted by Crippen LogP contribution is 2.35. The Labute approximate surface area is 732 Å². The van der Waals surface area contributed by atoms with Crippen molar-refractivity contribution in [1.82, 2.24) is 81.5 Å². The van der Waals surface area contributed by atoms with E-state index >= 15 is 28.8 Å². The summed E-state index contributed by atoms with van der Waals surface area (Å²) in [4.78, 5) is 168. The van der Waals surface area contributed by atoms with Gasteiger partial charge in [0.1, 0.15) is 95.6 Å². The number of carbonyl (C=O) groups excluding carboxylic acids is 11. The van der Waals surface area contributed by atoms with Crippen LogP contribution in [0.25, 0.3) is 21.5 Å². The van der Waals surface area contributed by atoms with E-state index in [1.807, 2.05) is 78.9 Å². The van der Waals surface area contributed by atoms with Crippen molar-refractivity contribution in [2.45, 2.75) is 233 Å². The third kappa shape index (κ3) is 24.6. The number of amides is 10. The molecule has 35 nitrogen and oxygen atoms in total. The van der Waals surface area contributed by atoms with Crippen molar-refractivity contribution in [1.29, 1.82) is 0 Å². The lowest BCUT2D eigenvalue weighted by atomic mass is 9.85. The number of aromatic nitrogens is 6. The minimum absolute atomic E-state index is 0.0684. The average molecular weight is 1740 g/mol. The molecule has 9 N–H and O–H groups in total. The molecule has 1 unspecified atom stereocenters. The van der Waals surface area contributed by atoms with Crippen LogP contribution in [0.4, 0.5) is 9.59 Å². The summed E-state index contributed by atoms with van der Waals surface area (Å²) in [5.74, 6) is -6.82. The van der Waals surface area contributed by atoms with Gasteiger partial charge in [0.05, 0.1) is 31.6 Å². The maximum atomic E-state index is 16.0. The molecule has 0 aliphatic carbocycles. The summed E-state index contributed by atoms with van der Waals surface area (Å²) in [6.07, 6.45) is -0.576. The van der Waals surface area contributed by atoms with Crippen molar-refractivity contribution in [2.75, 3.05) is 34.3 Å². The van der Waals surface area contributed by atoms with Crippen LogP contribution in [0.3, 0.4) is 0 Å². The quantitative estimate of drug-likeness (QED) is 0.0107. The van der Waals surface area contributed by atoms with Crippen LogP contribution in [0.2, 0.25) is 0 Å². The van der Waals surface area contributed by atoms with E-state index in [0.717, 1.165) is 36.0 Å². The summed E-state index contributed by atoms with van der Waals surface area (Å²) in [5, 5.41) is 52.4. The van der Waals surface area contributed by atoms with E-state index < -0.39 is 160 Å². The fraction of sp³-hybridized carbons (Fsp3) is 0.473. The smallest absolute Gasteiger partial charge is 0.410 e. The number of likely N-dealkylation sites (tertiary alicyclic amines) is 1. The first-order valence-electron chi connectivity index (χ1n) is 42.0. The molecule has 8 aromatic rings. The summed E-state index contributed by atoms with van der Waals surface area (Å²) in [5.41, 5.74) is 5.24. The van der Waals surface area contributed by atoms with Crippen molar-refractivity contribution in [3.05, 3.63) is 179 Å². The van der Waals surface area contributed by atoms with Gasteiger partial charge in [0.25, 0.3) is 5.91 Å². The number of nitrogens with one attached hydrogen (secondary N) is 6. The van der Waals surface area contributed by atoms with Gasteiger partial charge in [-0.05, 0) is 154 Å². The number of likely N-dealkylation sites (N-methyl/N-ethyl adjacent to an activating group) is 2. The van der Waals surface area contributed by atoms with Crippen LogP contribution in [-0.2, 0) is 96.3 Å². The van der Waals surface area contributed by atoms with Gasteiger partial charge in [0.2, 0.25) is 47.5 Å². The molecule has 10 amide bonds. The van der Waals surface area contributed by atoms with Crippen LogP contribution < -0.4 is 47.1 Å². The molecule has 1 saturated heterocycles. The van der Waals surface area contributed by atoms with Gasteiger partial charge in [-0.2, -0.15) is 0 Å². The minimum atomic E-state index is -1.77. The highest BCUT2D eigenvalue weighted by atomic mass is 16.6. The number of hydrogen-bond acceptors (Lipinski definition) is 22. The normalized spacial score (nSPS) is 19.5. The first kappa shape index (κ1) is 95.0. The molecule has 0 spiro atoms. The number of nitrogens with zero attached hydrogens (tertiary/aromatic N) is 11. The monoisotopic (exact) mass is 1730 g/mol. The molecule has 11 atom stereocenters. The second-order valence-electron chi connectivity index (χ2n) is 36.1. The number of fused-ring (bicyclic) bond motifs is 2. The van der Waals surface area contributed by atoms with E-state index in [4.69, 9.17) is 29.4 Å². The van der Waals surface area contributed by atoms with Crippen molar-refractivity contribution in [2.24, 2.45) is 21.7 Å². The van der Waals surface area contributed by atoms with Crippen molar-refractivity contribution in [3.63, 3.8) is 0 Å². The third-order valence-electron chi connectivity index (χ3n) is 21.8. The first-order valence-corrected chi connectivity index (χ1v) is 42.0. The zero-order valence-corrected chi connectivity index (χ0v) is 74.8. The van der Waals surface area contributed by atoms with E-state index in [2.05, 4.69) is 57.7 Å². The maximum Gasteiger partial charge on any atom is 0.410 e. The highest BCUT2D eigenvalue weighted by Gasteiger charge is 2.50. The number of oxime groups is 1. The van der Waals surface area contributed by atoms with Gasteiger partial charge in [0, 0.05) is 46.4 Å². The number of hydrogen-bond donors (Lipinski definition) is 8. The molecule has 1 fully saturated rings. The van der Waals surface area contributed by atoms with Crippen LogP contribution in [0.1, 0.15) is 163 Å². The second-order valence-corrected chi connectivity index (χ2v) is 36.1. The fourth-order valence-corrected chi connectivity index (χ4v) is 14.7. The van der Waals surface area contributed by atoms with E-state index in [1.54, 1.807) is 151 Å². The van der Waals surface area contributed by atoms with Crippen molar-refractivity contribution < 1.29 is 81.6 Å². The minimum Gasteiger partial charge on any atom is -0.487 e.